The van der Waals surface area contributed by atoms with Gasteiger partial charge in [-0.15, -0.1) is 0 Å². The van der Waals surface area contributed by atoms with E-state index in [9.17, 15) is 4.79 Å². The van der Waals surface area contributed by atoms with Crippen molar-refractivity contribution in [3.8, 4) is 0 Å². The van der Waals surface area contributed by atoms with E-state index in [0.29, 0.717) is 12.1 Å². The number of carbonyl (C=O) groups excluding carboxylic acids is 1. The first-order valence-electron chi connectivity index (χ1n) is 6.47. The minimum atomic E-state index is 0.00357. The second-order valence-corrected chi connectivity index (χ2v) is 4.83. The molecule has 0 radical (unpaired) electrons. The van der Waals surface area contributed by atoms with Crippen LogP contribution in [0.2, 0.25) is 0 Å². The predicted molar refractivity (Wildman–Crippen MR) is 82.6 cm³/mol. The average molecular weight is 269 g/mol. The van der Waals surface area contributed by atoms with Crippen LogP contribution in [-0.2, 0) is 6.54 Å². The van der Waals surface area contributed by atoms with Gasteiger partial charge in [-0.05, 0) is 35.9 Å². The number of rotatable bonds is 4. The molecule has 4 heteroatoms. The largest absolute Gasteiger partial charge is 0.398 e. The zero-order valence-electron chi connectivity index (χ0n) is 11.8. The summed E-state index contributed by atoms with van der Waals surface area (Å²) in [5.41, 5.74) is 9.37. The molecule has 0 bridgehead atoms. The average Bonchev–Trinajstić information content (AvgIpc) is 2.46. The molecule has 0 aliphatic rings. The highest BCUT2D eigenvalue weighted by molar-refractivity contribution is 5.94. The third-order valence-corrected chi connectivity index (χ3v) is 3.08. The normalized spacial score (nSPS) is 10.1. The van der Waals surface area contributed by atoms with E-state index in [-0.39, 0.29) is 5.91 Å². The maximum atomic E-state index is 11.8. The van der Waals surface area contributed by atoms with Crippen molar-refractivity contribution in [1.82, 2.24) is 4.90 Å². The quantitative estimate of drug-likeness (QED) is 0.839. The first kappa shape index (κ1) is 13.9. The fourth-order valence-corrected chi connectivity index (χ4v) is 1.88. The first-order chi connectivity index (χ1) is 9.58. The van der Waals surface area contributed by atoms with Crippen LogP contribution in [0.25, 0.3) is 0 Å². The number of anilines is 2. The zero-order chi connectivity index (χ0) is 14.5. The smallest absolute Gasteiger partial charge is 0.253 e. The van der Waals surface area contributed by atoms with Crippen LogP contribution in [-0.4, -0.2) is 24.9 Å². The molecule has 0 aliphatic carbocycles. The molecule has 0 aromatic heterocycles. The number of para-hydroxylation sites is 1. The van der Waals surface area contributed by atoms with E-state index in [1.807, 2.05) is 48.5 Å². The van der Waals surface area contributed by atoms with Crippen molar-refractivity contribution in [2.75, 3.05) is 25.1 Å². The second-order valence-electron chi connectivity index (χ2n) is 4.83. The maximum absolute atomic E-state index is 11.8. The summed E-state index contributed by atoms with van der Waals surface area (Å²) < 4.78 is 0. The molecule has 0 saturated heterocycles. The lowest BCUT2D eigenvalue weighted by molar-refractivity contribution is 0.0827. The van der Waals surface area contributed by atoms with Crippen molar-refractivity contribution in [3.05, 3.63) is 59.7 Å². The number of nitrogens with one attached hydrogen (secondary N) is 1. The standard InChI is InChI=1S/C16H19N3O/c1-19(2)16(20)12-7-9-14(10-8-12)18-11-13-5-3-4-6-15(13)17/h3-10,18H,11,17H2,1-2H3. The molecular weight excluding hydrogens is 250 g/mol. The summed E-state index contributed by atoms with van der Waals surface area (Å²) in [4.78, 5) is 13.3. The molecule has 3 N–H and O–H groups in total. The molecule has 4 nitrogen and oxygen atoms in total. The van der Waals surface area contributed by atoms with E-state index in [1.54, 1.807) is 19.0 Å². The van der Waals surface area contributed by atoms with Crippen LogP contribution in [0.5, 0.6) is 0 Å². The Hall–Kier alpha value is -2.49. The highest BCUT2D eigenvalue weighted by atomic mass is 16.2. The topological polar surface area (TPSA) is 58.4 Å². The molecule has 1 amide bonds. The SMILES string of the molecule is CN(C)C(=O)c1ccc(NCc2ccccc2N)cc1. The molecule has 0 unspecified atom stereocenters. The Balaban J connectivity index is 2.01. The van der Waals surface area contributed by atoms with Crippen molar-refractivity contribution >= 4 is 17.3 Å². The van der Waals surface area contributed by atoms with Crippen LogP contribution in [0.1, 0.15) is 15.9 Å². The van der Waals surface area contributed by atoms with Gasteiger partial charge < -0.3 is 16.0 Å². The van der Waals surface area contributed by atoms with Crippen molar-refractivity contribution in [2.45, 2.75) is 6.54 Å². The summed E-state index contributed by atoms with van der Waals surface area (Å²) in [5, 5.41) is 3.29. The van der Waals surface area contributed by atoms with Crippen molar-refractivity contribution < 1.29 is 4.79 Å². The molecule has 0 saturated carbocycles. The first-order valence-corrected chi connectivity index (χ1v) is 6.47. The summed E-state index contributed by atoms with van der Waals surface area (Å²) in [5.74, 6) is 0.00357. The van der Waals surface area contributed by atoms with Crippen LogP contribution >= 0.6 is 0 Å². The van der Waals surface area contributed by atoms with E-state index in [0.717, 1.165) is 16.9 Å². The molecule has 0 heterocycles. The van der Waals surface area contributed by atoms with E-state index >= 15 is 0 Å². The number of amides is 1. The number of hydrogen-bond acceptors (Lipinski definition) is 3. The number of carbonyl (C=O) groups is 1. The lowest BCUT2D eigenvalue weighted by Crippen LogP contribution is -2.21. The van der Waals surface area contributed by atoms with Crippen LogP contribution < -0.4 is 11.1 Å². The number of nitrogens with zero attached hydrogens (tertiary/aromatic N) is 1. The zero-order valence-corrected chi connectivity index (χ0v) is 11.8. The Morgan fingerprint density at radius 2 is 1.75 bits per heavy atom. The van der Waals surface area contributed by atoms with E-state index in [1.165, 1.54) is 0 Å². The molecule has 0 spiro atoms. The number of benzene rings is 2. The minimum Gasteiger partial charge on any atom is -0.398 e. The molecule has 2 rings (SSSR count). The monoisotopic (exact) mass is 269 g/mol. The molecule has 20 heavy (non-hydrogen) atoms. The molecule has 2 aromatic rings. The van der Waals surface area contributed by atoms with Crippen LogP contribution in [0, 0.1) is 0 Å². The Bertz CT molecular complexity index is 591. The van der Waals surface area contributed by atoms with Crippen molar-refractivity contribution in [3.63, 3.8) is 0 Å². The Kier molecular flexibility index (Phi) is 4.25. The third kappa shape index (κ3) is 3.29. The molecule has 0 atom stereocenters. The van der Waals surface area contributed by atoms with Gasteiger partial charge in [0.2, 0.25) is 0 Å². The highest BCUT2D eigenvalue weighted by Gasteiger charge is 2.07. The van der Waals surface area contributed by atoms with E-state index in [4.69, 9.17) is 5.73 Å². The number of nitrogen functional groups attached to an aromatic ring is 1. The summed E-state index contributed by atoms with van der Waals surface area (Å²) in [6.07, 6.45) is 0. The molecule has 0 fully saturated rings. The number of hydrogen-bond donors (Lipinski definition) is 2. The van der Waals surface area contributed by atoms with Gasteiger partial charge in [-0.1, -0.05) is 18.2 Å². The van der Waals surface area contributed by atoms with Gasteiger partial charge in [0.1, 0.15) is 0 Å². The Morgan fingerprint density at radius 3 is 2.35 bits per heavy atom. The van der Waals surface area contributed by atoms with Gasteiger partial charge in [0.05, 0.1) is 0 Å². The minimum absolute atomic E-state index is 0.00357. The van der Waals surface area contributed by atoms with E-state index in [2.05, 4.69) is 5.32 Å². The van der Waals surface area contributed by atoms with Gasteiger partial charge >= 0.3 is 0 Å². The summed E-state index contributed by atoms with van der Waals surface area (Å²) in [6.45, 7) is 0.660. The van der Waals surface area contributed by atoms with E-state index < -0.39 is 0 Å². The second kappa shape index (κ2) is 6.10. The van der Waals surface area contributed by atoms with Gasteiger partial charge in [0, 0.05) is 37.6 Å². The Morgan fingerprint density at radius 1 is 1.10 bits per heavy atom. The van der Waals surface area contributed by atoms with Gasteiger partial charge in [-0.2, -0.15) is 0 Å². The van der Waals surface area contributed by atoms with Crippen molar-refractivity contribution in [1.29, 1.82) is 0 Å². The van der Waals surface area contributed by atoms with Crippen molar-refractivity contribution in [2.24, 2.45) is 0 Å². The Labute approximate surface area is 119 Å². The molecule has 104 valence electrons. The van der Waals surface area contributed by atoms with Crippen LogP contribution in [0.4, 0.5) is 11.4 Å². The van der Waals surface area contributed by atoms with Gasteiger partial charge in [-0.3, -0.25) is 4.79 Å². The fraction of sp³-hybridized carbons (Fsp3) is 0.188. The van der Waals surface area contributed by atoms with Gasteiger partial charge in [0.15, 0.2) is 0 Å². The predicted octanol–water partition coefficient (Wildman–Crippen LogP) is 2.58. The fourth-order valence-electron chi connectivity index (χ4n) is 1.88. The van der Waals surface area contributed by atoms with Crippen LogP contribution in [0.3, 0.4) is 0 Å². The molecular formula is C16H19N3O. The molecule has 2 aromatic carbocycles. The number of nitrogens with two attached hydrogens (primary N) is 1. The molecule has 0 aliphatic heterocycles. The lowest BCUT2D eigenvalue weighted by atomic mass is 10.1. The van der Waals surface area contributed by atoms with Gasteiger partial charge in [-0.25, -0.2) is 0 Å². The summed E-state index contributed by atoms with van der Waals surface area (Å²) in [7, 11) is 3.49. The van der Waals surface area contributed by atoms with Gasteiger partial charge in [0.25, 0.3) is 5.91 Å². The maximum Gasteiger partial charge on any atom is 0.253 e. The summed E-state index contributed by atoms with van der Waals surface area (Å²) >= 11 is 0. The van der Waals surface area contributed by atoms with Crippen LogP contribution in [0.15, 0.2) is 48.5 Å². The summed E-state index contributed by atoms with van der Waals surface area (Å²) in [6, 6.07) is 15.2. The third-order valence-electron chi connectivity index (χ3n) is 3.08. The highest BCUT2D eigenvalue weighted by Crippen LogP contribution is 2.15. The lowest BCUT2D eigenvalue weighted by Gasteiger charge is -2.12.